The lowest BCUT2D eigenvalue weighted by atomic mass is 9.97. The molecule has 136 valence electrons. The van der Waals surface area contributed by atoms with Crippen molar-refractivity contribution in [1.82, 2.24) is 4.72 Å². The first-order valence-corrected chi connectivity index (χ1v) is 11.2. The van der Waals surface area contributed by atoms with Crippen molar-refractivity contribution in [2.24, 2.45) is 5.92 Å². The maximum atomic E-state index is 12.5. The molecule has 0 fully saturated rings. The van der Waals surface area contributed by atoms with Gasteiger partial charge in [0.05, 0.1) is 10.6 Å². The summed E-state index contributed by atoms with van der Waals surface area (Å²) in [5.41, 5.74) is 1.92. The molecule has 2 aliphatic rings. The Bertz CT molecular complexity index is 788. The molecule has 1 unspecified atom stereocenters. The zero-order valence-corrected chi connectivity index (χ0v) is 16.0. The van der Waals surface area contributed by atoms with Gasteiger partial charge in [-0.25, -0.2) is 13.1 Å². The highest BCUT2D eigenvalue weighted by atomic mass is 32.2. The number of anilines is 1. The Balaban J connectivity index is 1.69. The maximum Gasteiger partial charge on any atom is 0.240 e. The Labute approximate surface area is 153 Å². The van der Waals surface area contributed by atoms with Crippen molar-refractivity contribution < 1.29 is 13.2 Å². The van der Waals surface area contributed by atoms with E-state index in [0.29, 0.717) is 18.0 Å². The summed E-state index contributed by atoms with van der Waals surface area (Å²) in [4.78, 5) is 13.1. The summed E-state index contributed by atoms with van der Waals surface area (Å²) in [6.07, 6.45) is 7.58. The lowest BCUT2D eigenvalue weighted by Gasteiger charge is -2.14. The third-order valence-electron chi connectivity index (χ3n) is 4.58. The topological polar surface area (TPSA) is 75.3 Å². The van der Waals surface area contributed by atoms with E-state index in [2.05, 4.69) is 16.1 Å². The van der Waals surface area contributed by atoms with E-state index in [0.717, 1.165) is 24.2 Å². The minimum atomic E-state index is -3.58. The van der Waals surface area contributed by atoms with E-state index in [-0.39, 0.29) is 16.7 Å². The molecular weight excluding hydrogens is 356 g/mol. The predicted molar refractivity (Wildman–Crippen MR) is 101 cm³/mol. The number of rotatable bonds is 5. The molecule has 0 aromatic heterocycles. The number of benzene rings is 1. The number of hydrogen-bond donors (Lipinski definition) is 2. The molecular formula is C18H24N2O3S2. The van der Waals surface area contributed by atoms with Gasteiger partial charge in [0.15, 0.2) is 0 Å². The molecule has 1 atom stereocenters. The molecule has 7 heteroatoms. The third-order valence-corrected chi connectivity index (χ3v) is 7.37. The SMILES string of the molecule is CC1CSc2ccc(S(=O)(=O)NCCC3=CCCCC3)cc2NC1=O. The molecule has 1 heterocycles. The van der Waals surface area contributed by atoms with Crippen molar-refractivity contribution in [2.75, 3.05) is 17.6 Å². The fourth-order valence-corrected chi connectivity index (χ4v) is 5.08. The molecule has 1 aliphatic heterocycles. The van der Waals surface area contributed by atoms with Gasteiger partial charge in [-0.3, -0.25) is 4.79 Å². The van der Waals surface area contributed by atoms with Crippen LogP contribution >= 0.6 is 11.8 Å². The van der Waals surface area contributed by atoms with Gasteiger partial charge in [-0.1, -0.05) is 18.6 Å². The minimum Gasteiger partial charge on any atom is -0.325 e. The molecule has 3 rings (SSSR count). The summed E-state index contributed by atoms with van der Waals surface area (Å²) >= 11 is 1.57. The first kappa shape index (κ1) is 18.5. The summed E-state index contributed by atoms with van der Waals surface area (Å²) in [6.45, 7) is 2.27. The molecule has 0 bridgehead atoms. The minimum absolute atomic E-state index is 0.0713. The van der Waals surface area contributed by atoms with E-state index in [1.165, 1.54) is 18.4 Å². The van der Waals surface area contributed by atoms with Crippen LogP contribution in [0.25, 0.3) is 0 Å². The quantitative estimate of drug-likeness (QED) is 0.766. The number of amides is 1. The monoisotopic (exact) mass is 380 g/mol. The van der Waals surface area contributed by atoms with Gasteiger partial charge in [0.1, 0.15) is 0 Å². The second-order valence-electron chi connectivity index (χ2n) is 6.62. The van der Waals surface area contributed by atoms with Crippen molar-refractivity contribution in [2.45, 2.75) is 48.8 Å². The normalized spacial score (nSPS) is 21.1. The lowest BCUT2D eigenvalue weighted by molar-refractivity contribution is -0.118. The number of nitrogens with one attached hydrogen (secondary N) is 2. The molecule has 25 heavy (non-hydrogen) atoms. The van der Waals surface area contributed by atoms with Crippen LogP contribution in [0.4, 0.5) is 5.69 Å². The Morgan fingerprint density at radius 1 is 1.32 bits per heavy atom. The van der Waals surface area contributed by atoms with Crippen LogP contribution in [0, 0.1) is 5.92 Å². The Morgan fingerprint density at radius 3 is 2.92 bits per heavy atom. The van der Waals surface area contributed by atoms with Gasteiger partial charge in [0.25, 0.3) is 0 Å². The van der Waals surface area contributed by atoms with Gasteiger partial charge in [-0.15, -0.1) is 11.8 Å². The molecule has 0 radical (unpaired) electrons. The summed E-state index contributed by atoms with van der Waals surface area (Å²) in [5, 5.41) is 2.83. The Kier molecular flexibility index (Phi) is 5.86. The van der Waals surface area contributed by atoms with Crippen LogP contribution in [0.5, 0.6) is 0 Å². The highest BCUT2D eigenvalue weighted by Crippen LogP contribution is 2.34. The fraction of sp³-hybridized carbons (Fsp3) is 0.500. The number of thioether (sulfide) groups is 1. The van der Waals surface area contributed by atoms with E-state index in [9.17, 15) is 13.2 Å². The van der Waals surface area contributed by atoms with E-state index in [1.807, 2.05) is 6.92 Å². The van der Waals surface area contributed by atoms with Crippen LogP contribution in [0.3, 0.4) is 0 Å². The Hall–Kier alpha value is -1.31. The molecule has 1 aromatic rings. The van der Waals surface area contributed by atoms with Crippen molar-refractivity contribution in [3.05, 3.63) is 29.8 Å². The van der Waals surface area contributed by atoms with Gasteiger partial charge >= 0.3 is 0 Å². The molecule has 2 N–H and O–H groups in total. The van der Waals surface area contributed by atoms with Crippen LogP contribution in [0.15, 0.2) is 39.6 Å². The summed E-state index contributed by atoms with van der Waals surface area (Å²) < 4.78 is 27.8. The van der Waals surface area contributed by atoms with Crippen molar-refractivity contribution >= 4 is 33.4 Å². The molecule has 0 saturated carbocycles. The number of hydrogen-bond acceptors (Lipinski definition) is 4. The Morgan fingerprint density at radius 2 is 2.16 bits per heavy atom. The lowest BCUT2D eigenvalue weighted by Crippen LogP contribution is -2.25. The predicted octanol–water partition coefficient (Wildman–Crippen LogP) is 3.54. The summed E-state index contributed by atoms with van der Waals surface area (Å²) in [5.74, 6) is 0.524. The smallest absolute Gasteiger partial charge is 0.240 e. The molecule has 0 saturated heterocycles. The van der Waals surface area contributed by atoms with Gasteiger partial charge in [-0.05, 0) is 50.3 Å². The van der Waals surface area contributed by atoms with Crippen LogP contribution in [-0.2, 0) is 14.8 Å². The van der Waals surface area contributed by atoms with Crippen LogP contribution in [-0.4, -0.2) is 26.6 Å². The summed E-state index contributed by atoms with van der Waals surface area (Å²) in [7, 11) is -3.58. The number of fused-ring (bicyclic) bond motifs is 1. The van der Waals surface area contributed by atoms with Gasteiger partial charge < -0.3 is 5.32 Å². The first-order chi connectivity index (χ1) is 12.0. The van der Waals surface area contributed by atoms with Crippen LogP contribution < -0.4 is 10.0 Å². The second-order valence-corrected chi connectivity index (χ2v) is 9.44. The van der Waals surface area contributed by atoms with Crippen molar-refractivity contribution in [1.29, 1.82) is 0 Å². The fourth-order valence-electron chi connectivity index (χ4n) is 3.01. The van der Waals surface area contributed by atoms with Crippen molar-refractivity contribution in [3.8, 4) is 0 Å². The van der Waals surface area contributed by atoms with Crippen molar-refractivity contribution in [3.63, 3.8) is 0 Å². The van der Waals surface area contributed by atoms with Gasteiger partial charge in [-0.2, -0.15) is 0 Å². The standard InChI is InChI=1S/C18H24N2O3S2/c1-13-12-24-17-8-7-15(11-16(17)20-18(13)21)25(22,23)19-10-9-14-5-3-2-4-6-14/h5,7-8,11,13,19H,2-4,6,9-10,12H2,1H3,(H,20,21). The number of carbonyl (C=O) groups excluding carboxylic acids is 1. The molecule has 5 nitrogen and oxygen atoms in total. The zero-order chi connectivity index (χ0) is 17.9. The van der Waals surface area contributed by atoms with E-state index in [1.54, 1.807) is 30.0 Å². The van der Waals surface area contributed by atoms with E-state index >= 15 is 0 Å². The number of allylic oxidation sites excluding steroid dienone is 1. The van der Waals surface area contributed by atoms with Gasteiger partial charge in [0, 0.05) is 23.1 Å². The largest absolute Gasteiger partial charge is 0.325 e. The number of carbonyl (C=O) groups is 1. The highest BCUT2D eigenvalue weighted by molar-refractivity contribution is 7.99. The molecule has 1 amide bonds. The van der Waals surface area contributed by atoms with Gasteiger partial charge in [0.2, 0.25) is 15.9 Å². The number of sulfonamides is 1. The highest BCUT2D eigenvalue weighted by Gasteiger charge is 2.22. The zero-order valence-electron chi connectivity index (χ0n) is 14.4. The first-order valence-electron chi connectivity index (χ1n) is 8.71. The molecule has 0 spiro atoms. The van der Waals surface area contributed by atoms with E-state index < -0.39 is 10.0 Å². The third kappa shape index (κ3) is 4.65. The maximum absolute atomic E-state index is 12.5. The average Bonchev–Trinajstić information content (AvgIpc) is 2.74. The second kappa shape index (κ2) is 7.93. The van der Waals surface area contributed by atoms with Crippen LogP contribution in [0.1, 0.15) is 39.0 Å². The van der Waals surface area contributed by atoms with E-state index in [4.69, 9.17) is 0 Å². The average molecular weight is 381 g/mol. The molecule has 1 aromatic carbocycles. The summed E-state index contributed by atoms with van der Waals surface area (Å²) in [6, 6.07) is 4.94. The van der Waals surface area contributed by atoms with Crippen LogP contribution in [0.2, 0.25) is 0 Å². The molecule has 1 aliphatic carbocycles.